The van der Waals surface area contributed by atoms with Gasteiger partial charge in [0.2, 0.25) is 11.8 Å². The van der Waals surface area contributed by atoms with Gasteiger partial charge in [-0.1, -0.05) is 0 Å². The Bertz CT molecular complexity index is 215. The average molecular weight is 232 g/mol. The first-order valence-electron chi connectivity index (χ1n) is 4.87. The smallest absolute Gasteiger partial charge is 0.220 e. The van der Waals surface area contributed by atoms with Crippen molar-refractivity contribution in [1.82, 2.24) is 9.80 Å². The van der Waals surface area contributed by atoms with Gasteiger partial charge in [0.1, 0.15) is 16.7 Å². The zero-order valence-electron chi connectivity index (χ0n) is 10.1. The molecule has 6 heteroatoms. The van der Waals surface area contributed by atoms with Crippen LogP contribution in [0.3, 0.4) is 0 Å². The van der Waals surface area contributed by atoms with Gasteiger partial charge in [-0.25, -0.2) is 0 Å². The van der Waals surface area contributed by atoms with Gasteiger partial charge in [0, 0.05) is 41.0 Å². The molecule has 0 aliphatic heterocycles. The second-order valence-electron chi connectivity index (χ2n) is 3.52. The molecule has 0 rings (SSSR count). The molecule has 15 heavy (non-hydrogen) atoms. The summed E-state index contributed by atoms with van der Waals surface area (Å²) in [6.45, 7) is 3.55. The van der Waals surface area contributed by atoms with Crippen LogP contribution in [0.4, 0.5) is 0 Å². The van der Waals surface area contributed by atoms with Crippen molar-refractivity contribution >= 4 is 22.3 Å². The van der Waals surface area contributed by atoms with Gasteiger partial charge in [-0.2, -0.15) is 0 Å². The van der Waals surface area contributed by atoms with Crippen LogP contribution in [0.1, 0.15) is 20.3 Å². The molecule has 0 aromatic rings. The number of rotatable bonds is 5. The largest absolute Gasteiger partial charge is 0.428 e. The zero-order chi connectivity index (χ0) is 12.0. The van der Waals surface area contributed by atoms with Gasteiger partial charge in [-0.05, 0) is 0 Å². The maximum Gasteiger partial charge on any atom is 0.220 e. The first-order chi connectivity index (χ1) is 6.91. The summed E-state index contributed by atoms with van der Waals surface area (Å²) in [5.74, 6) is -0.108. The predicted octanol–water partition coefficient (Wildman–Crippen LogP) is -1.04. The van der Waals surface area contributed by atoms with E-state index in [0.717, 1.165) is 0 Å². The van der Waals surface area contributed by atoms with Gasteiger partial charge >= 0.3 is 0 Å². The highest BCUT2D eigenvalue weighted by Crippen LogP contribution is 2.07. The Morgan fingerprint density at radius 1 is 1.20 bits per heavy atom. The third kappa shape index (κ3) is 4.44. The Balaban J connectivity index is 4.56. The summed E-state index contributed by atoms with van der Waals surface area (Å²) < 4.78 is 5.10. The molecule has 0 saturated carbocycles. The maximum atomic E-state index is 11.2. The molecule has 0 unspecified atom stereocenters. The van der Waals surface area contributed by atoms with Crippen LogP contribution < -0.4 is 0 Å². The Morgan fingerprint density at radius 2 is 1.60 bits per heavy atom. The molecule has 5 nitrogen and oxygen atoms in total. The van der Waals surface area contributed by atoms with Crippen LogP contribution in [0, 0.1) is 0 Å². The van der Waals surface area contributed by atoms with E-state index in [1.165, 1.54) is 13.8 Å². The summed E-state index contributed by atoms with van der Waals surface area (Å²) in [5, 5.41) is 0. The van der Waals surface area contributed by atoms with Crippen molar-refractivity contribution in [3.05, 3.63) is 0 Å². The van der Waals surface area contributed by atoms with E-state index in [2.05, 4.69) is 0 Å². The summed E-state index contributed by atoms with van der Waals surface area (Å²) in [7, 11) is 4.06. The minimum atomic E-state index is -0.214. The number of hydrogen-bond acceptors (Lipinski definition) is 3. The van der Waals surface area contributed by atoms with Crippen molar-refractivity contribution in [3.63, 3.8) is 0 Å². The Labute approximate surface area is 93.9 Å². The summed E-state index contributed by atoms with van der Waals surface area (Å²) in [6, 6.07) is 0. The topological polar surface area (TPSA) is 49.9 Å². The van der Waals surface area contributed by atoms with E-state index in [1.807, 2.05) is 0 Å². The number of carbonyl (C=O) groups excluding carboxylic acids is 2. The summed E-state index contributed by atoms with van der Waals surface area (Å²) in [5.41, 5.74) is 0. The Hall–Kier alpha value is -0.883. The highest BCUT2D eigenvalue weighted by Gasteiger charge is 2.22. The number of carbonyl (C=O) groups is 2. The molecule has 2 amide bonds. The van der Waals surface area contributed by atoms with Gasteiger partial charge in [0.05, 0.1) is 0 Å². The molecule has 0 radical (unpaired) electrons. The molecule has 0 fully saturated rings. The molecule has 0 aromatic carbocycles. The lowest BCUT2D eigenvalue weighted by atomic mass is 10.3. The van der Waals surface area contributed by atoms with Crippen LogP contribution in [0.2, 0.25) is 0 Å². The van der Waals surface area contributed by atoms with Crippen molar-refractivity contribution < 1.29 is 14.0 Å². The highest BCUT2D eigenvalue weighted by atomic mass is 28.2. The minimum Gasteiger partial charge on any atom is -0.428 e. The Kier molecular flexibility index (Phi) is 6.19. The van der Waals surface area contributed by atoms with Crippen molar-refractivity contribution in [2.75, 3.05) is 20.7 Å². The standard InChI is InChI=1S/C9H20N2O3Si/c1-7(12)10(3)9(5-6-14-15)11(4)8(2)13/h9H,5-6H2,1-4,15H3. The lowest BCUT2D eigenvalue weighted by molar-refractivity contribution is -0.141. The van der Waals surface area contributed by atoms with Gasteiger partial charge in [0.25, 0.3) is 0 Å². The van der Waals surface area contributed by atoms with E-state index in [1.54, 1.807) is 23.9 Å². The van der Waals surface area contributed by atoms with Crippen molar-refractivity contribution in [2.45, 2.75) is 26.4 Å². The average Bonchev–Trinajstić information content (AvgIpc) is 2.17. The molecule has 0 aliphatic rings. The van der Waals surface area contributed by atoms with Crippen molar-refractivity contribution in [3.8, 4) is 0 Å². The third-order valence-corrected chi connectivity index (χ3v) is 2.88. The maximum absolute atomic E-state index is 11.2. The van der Waals surface area contributed by atoms with Crippen LogP contribution in [0.15, 0.2) is 0 Å². The number of hydrogen-bond donors (Lipinski definition) is 0. The summed E-state index contributed by atoms with van der Waals surface area (Å²) in [4.78, 5) is 25.6. The number of nitrogens with zero attached hydrogens (tertiary/aromatic N) is 2. The normalized spacial score (nSPS) is 10.5. The lowest BCUT2D eigenvalue weighted by Gasteiger charge is -2.34. The third-order valence-electron chi connectivity index (χ3n) is 2.47. The molecule has 0 aromatic heterocycles. The first kappa shape index (κ1) is 14.1. The first-order valence-corrected chi connectivity index (χ1v) is 5.69. The minimum absolute atomic E-state index is 0.0542. The monoisotopic (exact) mass is 232 g/mol. The molecule has 0 bridgehead atoms. The van der Waals surface area contributed by atoms with Crippen LogP contribution >= 0.6 is 0 Å². The van der Waals surface area contributed by atoms with Crippen LogP contribution in [0.25, 0.3) is 0 Å². The molecule has 0 N–H and O–H groups in total. The summed E-state index contributed by atoms with van der Waals surface area (Å²) >= 11 is 0. The van der Waals surface area contributed by atoms with E-state index in [0.29, 0.717) is 23.5 Å². The summed E-state index contributed by atoms with van der Waals surface area (Å²) in [6.07, 6.45) is 0.435. The van der Waals surface area contributed by atoms with E-state index in [4.69, 9.17) is 4.43 Å². The lowest BCUT2D eigenvalue weighted by Crippen LogP contribution is -2.49. The predicted molar refractivity (Wildman–Crippen MR) is 61.2 cm³/mol. The quantitative estimate of drug-likeness (QED) is 0.449. The molecule has 0 saturated heterocycles. The second-order valence-corrected chi connectivity index (χ2v) is 4.10. The molecular weight excluding hydrogens is 212 g/mol. The molecule has 0 aliphatic carbocycles. The second kappa shape index (κ2) is 6.57. The van der Waals surface area contributed by atoms with Crippen molar-refractivity contribution in [1.29, 1.82) is 0 Å². The number of amides is 2. The van der Waals surface area contributed by atoms with Gasteiger partial charge < -0.3 is 14.2 Å². The van der Waals surface area contributed by atoms with E-state index in [-0.39, 0.29) is 18.0 Å². The van der Waals surface area contributed by atoms with Crippen LogP contribution in [-0.4, -0.2) is 59.0 Å². The highest BCUT2D eigenvalue weighted by molar-refractivity contribution is 5.97. The zero-order valence-corrected chi connectivity index (χ0v) is 12.1. The molecule has 88 valence electrons. The van der Waals surface area contributed by atoms with Crippen LogP contribution in [0.5, 0.6) is 0 Å². The van der Waals surface area contributed by atoms with E-state index < -0.39 is 0 Å². The van der Waals surface area contributed by atoms with E-state index in [9.17, 15) is 9.59 Å². The fraction of sp³-hybridized carbons (Fsp3) is 0.778. The molecule has 0 spiro atoms. The van der Waals surface area contributed by atoms with Gasteiger partial charge in [-0.15, -0.1) is 0 Å². The SMILES string of the molecule is CC(=O)N(C)C(CCO[SiH3])N(C)C(C)=O. The van der Waals surface area contributed by atoms with E-state index >= 15 is 0 Å². The molecule has 0 atom stereocenters. The van der Waals surface area contributed by atoms with Gasteiger partial charge in [0.15, 0.2) is 0 Å². The fourth-order valence-electron chi connectivity index (χ4n) is 1.29. The van der Waals surface area contributed by atoms with Gasteiger partial charge in [-0.3, -0.25) is 9.59 Å². The molecular formula is C9H20N2O3Si. The fourth-order valence-corrected chi connectivity index (χ4v) is 1.53. The Morgan fingerprint density at radius 3 is 1.87 bits per heavy atom. The van der Waals surface area contributed by atoms with Crippen molar-refractivity contribution in [2.24, 2.45) is 0 Å². The molecule has 0 heterocycles. The van der Waals surface area contributed by atoms with Crippen LogP contribution in [-0.2, 0) is 14.0 Å².